The Morgan fingerprint density at radius 2 is 1.68 bits per heavy atom. The highest BCUT2D eigenvalue weighted by atomic mass is 19.2. The minimum absolute atomic E-state index is 0.0609. The van der Waals surface area contributed by atoms with Crippen molar-refractivity contribution >= 4 is 16.8 Å². The van der Waals surface area contributed by atoms with E-state index < -0.39 is 28.9 Å². The second-order valence-electron chi connectivity index (χ2n) is 11.7. The third-order valence-electron chi connectivity index (χ3n) is 8.29. The number of piperidine rings is 1. The first-order chi connectivity index (χ1) is 24.3. The molecule has 2 aliphatic heterocycles. The Morgan fingerprint density at radius 1 is 0.980 bits per heavy atom. The number of pyridine rings is 2. The van der Waals surface area contributed by atoms with E-state index in [1.807, 2.05) is 18.2 Å². The van der Waals surface area contributed by atoms with Crippen LogP contribution in [-0.2, 0) is 11.2 Å². The van der Waals surface area contributed by atoms with Crippen molar-refractivity contribution in [2.75, 3.05) is 66.1 Å². The maximum absolute atomic E-state index is 12.4. The normalized spacial score (nSPS) is 14.7. The summed E-state index contributed by atoms with van der Waals surface area (Å²) in [4.78, 5) is 35.3. The van der Waals surface area contributed by atoms with Gasteiger partial charge in [-0.15, -0.1) is 0 Å². The Morgan fingerprint density at radius 3 is 2.34 bits per heavy atom. The number of benzene rings is 2. The highest BCUT2D eigenvalue weighted by molar-refractivity contribution is 5.93. The Labute approximate surface area is 290 Å². The van der Waals surface area contributed by atoms with E-state index in [0.717, 1.165) is 60.7 Å². The molecule has 0 bridgehead atoms. The standard InChI is InChI=1S/C19H15N3O3.C11H22N2O.C8H7F3/c1-25-17-8-11-20-16-7-6-13(12-15(16)17)4-2-9-21-18(23)14-5-3-10-22-19(14)24;1-2-4-12(5-3-1)6-7-13-8-10-14-11-9-13;1-2-5-3-6(9)8(11)7(10)4-5/h3,5-8,10-12H,9H2,1H3,(H,21,23)(H,22,24);1-11H2;3-4H,2H2,1H3. The quantitative estimate of drug-likeness (QED) is 0.204. The highest BCUT2D eigenvalue weighted by Gasteiger charge is 2.14. The summed E-state index contributed by atoms with van der Waals surface area (Å²) in [5, 5.41) is 3.47. The van der Waals surface area contributed by atoms with E-state index in [9.17, 15) is 22.8 Å². The van der Waals surface area contributed by atoms with Crippen LogP contribution in [0.4, 0.5) is 13.2 Å². The molecule has 4 aromatic rings. The van der Waals surface area contributed by atoms with Crippen molar-refractivity contribution in [3.63, 3.8) is 0 Å². The lowest BCUT2D eigenvalue weighted by atomic mass is 10.1. The van der Waals surface area contributed by atoms with Gasteiger partial charge in [0.05, 0.1) is 32.4 Å². The third kappa shape index (κ3) is 11.7. The van der Waals surface area contributed by atoms with Crippen LogP contribution in [0.25, 0.3) is 10.9 Å². The van der Waals surface area contributed by atoms with E-state index in [0.29, 0.717) is 12.0 Å². The van der Waals surface area contributed by atoms with Crippen LogP contribution in [0.15, 0.2) is 65.7 Å². The molecule has 9 nitrogen and oxygen atoms in total. The molecule has 0 radical (unpaired) electrons. The van der Waals surface area contributed by atoms with Crippen molar-refractivity contribution in [1.29, 1.82) is 0 Å². The van der Waals surface area contributed by atoms with Crippen LogP contribution < -0.4 is 15.6 Å². The number of aromatic amines is 1. The molecule has 0 atom stereocenters. The van der Waals surface area contributed by atoms with E-state index in [4.69, 9.17) is 9.47 Å². The van der Waals surface area contributed by atoms with Gasteiger partial charge in [0.1, 0.15) is 11.3 Å². The second kappa shape index (κ2) is 20.1. The summed E-state index contributed by atoms with van der Waals surface area (Å²) in [6.07, 6.45) is 7.91. The maximum Gasteiger partial charge on any atom is 0.260 e. The van der Waals surface area contributed by atoms with Crippen LogP contribution in [0.2, 0.25) is 0 Å². The van der Waals surface area contributed by atoms with Crippen molar-refractivity contribution in [1.82, 2.24) is 25.1 Å². The Balaban J connectivity index is 0.000000189. The van der Waals surface area contributed by atoms with Crippen LogP contribution >= 0.6 is 0 Å². The lowest BCUT2D eigenvalue weighted by Gasteiger charge is -2.31. The van der Waals surface area contributed by atoms with E-state index in [1.54, 1.807) is 32.4 Å². The van der Waals surface area contributed by atoms with Gasteiger partial charge in [-0.25, -0.2) is 13.2 Å². The zero-order valence-corrected chi connectivity index (χ0v) is 28.6. The number of hydrogen-bond acceptors (Lipinski definition) is 7. The van der Waals surface area contributed by atoms with Gasteiger partial charge in [-0.05, 0) is 86.4 Å². The number of rotatable bonds is 7. The molecule has 4 heterocycles. The number of methoxy groups -OCH3 is 1. The lowest BCUT2D eigenvalue weighted by Crippen LogP contribution is -2.42. The molecule has 50 heavy (non-hydrogen) atoms. The zero-order valence-electron chi connectivity index (χ0n) is 28.6. The van der Waals surface area contributed by atoms with Crippen molar-refractivity contribution in [2.24, 2.45) is 0 Å². The van der Waals surface area contributed by atoms with Crippen LogP contribution in [-0.4, -0.2) is 91.8 Å². The molecule has 2 aromatic carbocycles. The fourth-order valence-electron chi connectivity index (χ4n) is 5.45. The van der Waals surface area contributed by atoms with Crippen molar-refractivity contribution in [3.05, 3.63) is 105 Å². The number of carbonyl (C=O) groups excluding carboxylic acids is 1. The number of morpholine rings is 1. The molecule has 0 aliphatic carbocycles. The van der Waals surface area contributed by atoms with E-state index >= 15 is 0 Å². The number of hydrogen-bond donors (Lipinski definition) is 2. The average molecular weight is 692 g/mol. The predicted octanol–water partition coefficient (Wildman–Crippen LogP) is 5.18. The van der Waals surface area contributed by atoms with Gasteiger partial charge in [-0.1, -0.05) is 25.2 Å². The number of nitrogens with one attached hydrogen (secondary N) is 2. The summed E-state index contributed by atoms with van der Waals surface area (Å²) >= 11 is 0. The minimum Gasteiger partial charge on any atom is -0.496 e. The van der Waals surface area contributed by atoms with Gasteiger partial charge in [-0.3, -0.25) is 19.5 Å². The number of fused-ring (bicyclic) bond motifs is 1. The fraction of sp³-hybridized carbons (Fsp3) is 0.395. The Hall–Kier alpha value is -4.70. The number of ether oxygens (including phenoxy) is 2. The summed E-state index contributed by atoms with van der Waals surface area (Å²) in [5.41, 5.74) is 1.70. The monoisotopic (exact) mass is 691 g/mol. The van der Waals surface area contributed by atoms with E-state index in [2.05, 4.69) is 36.9 Å². The van der Waals surface area contributed by atoms with Crippen LogP contribution in [0, 0.1) is 29.3 Å². The molecule has 2 N–H and O–H groups in total. The molecule has 0 saturated carbocycles. The topological polar surface area (TPSA) is 99.8 Å². The van der Waals surface area contributed by atoms with Crippen LogP contribution in [0.1, 0.15) is 47.7 Å². The SMILES string of the molecule is C1CCN(CCN2CCOCC2)CC1.CCc1cc(F)c(F)c(F)c1.COc1ccnc2ccc(C#CCNC(=O)c3ccc[nH]c3=O)cc12. The third-order valence-corrected chi connectivity index (χ3v) is 8.29. The summed E-state index contributed by atoms with van der Waals surface area (Å²) in [6.45, 7) is 11.2. The van der Waals surface area contributed by atoms with E-state index in [1.165, 1.54) is 57.7 Å². The van der Waals surface area contributed by atoms with Gasteiger partial charge in [0, 0.05) is 49.5 Å². The molecular weight excluding hydrogens is 647 g/mol. The minimum atomic E-state index is -1.40. The van der Waals surface area contributed by atoms with Crippen molar-refractivity contribution in [2.45, 2.75) is 32.6 Å². The molecular formula is C38H44F3N5O4. The average Bonchev–Trinajstić information content (AvgIpc) is 3.15. The first-order valence-electron chi connectivity index (χ1n) is 16.8. The molecule has 2 fully saturated rings. The molecule has 2 saturated heterocycles. The molecule has 0 unspecified atom stereocenters. The first-order valence-corrected chi connectivity index (χ1v) is 16.8. The van der Waals surface area contributed by atoms with Gasteiger partial charge in [-0.2, -0.15) is 0 Å². The van der Waals surface area contributed by atoms with Crippen molar-refractivity contribution in [3.8, 4) is 17.6 Å². The lowest BCUT2D eigenvalue weighted by molar-refractivity contribution is 0.0324. The van der Waals surface area contributed by atoms with Crippen molar-refractivity contribution < 1.29 is 27.4 Å². The summed E-state index contributed by atoms with van der Waals surface area (Å²) in [5.74, 6) is 2.47. The van der Waals surface area contributed by atoms with Crippen LogP contribution in [0.5, 0.6) is 5.75 Å². The number of likely N-dealkylation sites (tertiary alicyclic amines) is 1. The Kier molecular flexibility index (Phi) is 15.3. The first kappa shape index (κ1) is 38.1. The molecule has 6 rings (SSSR count). The number of halogens is 3. The molecule has 12 heteroatoms. The number of aryl methyl sites for hydroxylation is 1. The van der Waals surface area contributed by atoms with Gasteiger partial charge in [0.15, 0.2) is 17.5 Å². The number of carbonyl (C=O) groups is 1. The molecule has 266 valence electrons. The number of nitrogens with zero attached hydrogens (tertiary/aromatic N) is 3. The van der Waals surface area contributed by atoms with Gasteiger partial charge in [0.2, 0.25) is 0 Å². The number of amides is 1. The zero-order chi connectivity index (χ0) is 35.7. The van der Waals surface area contributed by atoms with Crippen LogP contribution in [0.3, 0.4) is 0 Å². The summed E-state index contributed by atoms with van der Waals surface area (Å²) in [7, 11) is 1.61. The largest absolute Gasteiger partial charge is 0.496 e. The fourth-order valence-corrected chi connectivity index (χ4v) is 5.45. The Bertz CT molecular complexity index is 1770. The molecule has 2 aromatic heterocycles. The summed E-state index contributed by atoms with van der Waals surface area (Å²) < 4.78 is 47.8. The maximum atomic E-state index is 12.4. The highest BCUT2D eigenvalue weighted by Crippen LogP contribution is 2.24. The molecule has 2 aliphatic rings. The number of aromatic nitrogens is 2. The van der Waals surface area contributed by atoms with Gasteiger partial charge in [0.25, 0.3) is 11.5 Å². The van der Waals surface area contributed by atoms with Gasteiger partial charge >= 0.3 is 0 Å². The van der Waals surface area contributed by atoms with Gasteiger partial charge < -0.3 is 24.7 Å². The second-order valence-corrected chi connectivity index (χ2v) is 11.7. The predicted molar refractivity (Wildman–Crippen MR) is 188 cm³/mol. The number of H-pyrrole nitrogens is 1. The molecule has 0 spiro atoms. The van der Waals surface area contributed by atoms with E-state index in [-0.39, 0.29) is 12.1 Å². The summed E-state index contributed by atoms with van der Waals surface area (Å²) in [6, 6.07) is 12.4. The smallest absolute Gasteiger partial charge is 0.260 e. The molecule has 1 amide bonds.